The first-order chi connectivity index (χ1) is 14.6. The normalized spacial score (nSPS) is 21.8. The molecule has 3 aliphatic rings. The zero-order valence-electron chi connectivity index (χ0n) is 16.3. The molecule has 3 saturated heterocycles. The first-order valence-corrected chi connectivity index (χ1v) is 11.0. The molecule has 1 N–H and O–H groups in total. The summed E-state index contributed by atoms with van der Waals surface area (Å²) >= 11 is 1.54. The van der Waals surface area contributed by atoms with Crippen molar-refractivity contribution in [2.75, 3.05) is 49.4 Å². The Kier molecular flexibility index (Phi) is 4.76. The highest BCUT2D eigenvalue weighted by Crippen LogP contribution is 2.40. The maximum absolute atomic E-state index is 12.8. The lowest BCUT2D eigenvalue weighted by molar-refractivity contribution is -0.129. The first-order valence-electron chi connectivity index (χ1n) is 9.85. The van der Waals surface area contributed by atoms with E-state index >= 15 is 0 Å². The van der Waals surface area contributed by atoms with Gasteiger partial charge in [0.25, 0.3) is 5.91 Å². The molecule has 1 atom stereocenters. The van der Waals surface area contributed by atoms with Crippen LogP contribution >= 0.6 is 11.8 Å². The summed E-state index contributed by atoms with van der Waals surface area (Å²) in [6, 6.07) is 9.33. The van der Waals surface area contributed by atoms with Crippen molar-refractivity contribution in [3.8, 4) is 6.07 Å². The number of pyridine rings is 1. The minimum Gasteiger partial charge on any atom is -0.380 e. The molecule has 8 nitrogen and oxygen atoms in total. The fourth-order valence-corrected chi connectivity index (χ4v) is 5.30. The summed E-state index contributed by atoms with van der Waals surface area (Å²) < 4.78 is 5.34. The van der Waals surface area contributed by atoms with E-state index in [1.165, 1.54) is 4.90 Å². The van der Waals surface area contributed by atoms with Crippen LogP contribution in [0.2, 0.25) is 0 Å². The van der Waals surface area contributed by atoms with E-state index in [1.807, 2.05) is 18.2 Å². The molecule has 5 rings (SSSR count). The van der Waals surface area contributed by atoms with Gasteiger partial charge in [-0.25, -0.2) is 0 Å². The monoisotopic (exact) mass is 423 g/mol. The number of aromatic nitrogens is 1. The average molecular weight is 423 g/mol. The van der Waals surface area contributed by atoms with Crippen molar-refractivity contribution >= 4 is 40.2 Å². The third-order valence-corrected chi connectivity index (χ3v) is 6.97. The molecule has 2 aromatic rings. The van der Waals surface area contributed by atoms with Crippen molar-refractivity contribution in [3.63, 3.8) is 0 Å². The lowest BCUT2D eigenvalue weighted by Gasteiger charge is -2.56. The van der Waals surface area contributed by atoms with Crippen molar-refractivity contribution in [1.29, 1.82) is 5.26 Å². The first kappa shape index (κ1) is 19.2. The van der Waals surface area contributed by atoms with E-state index in [1.54, 1.807) is 24.0 Å². The Hall–Kier alpha value is -2.83. The largest absolute Gasteiger partial charge is 0.380 e. The van der Waals surface area contributed by atoms with Crippen LogP contribution in [0.15, 0.2) is 30.5 Å². The molecule has 4 heterocycles. The molecular weight excluding hydrogens is 402 g/mol. The predicted octanol–water partition coefficient (Wildman–Crippen LogP) is 1.23. The molecule has 2 amide bonds. The Morgan fingerprint density at radius 2 is 2.17 bits per heavy atom. The third-order valence-electron chi connectivity index (χ3n) is 5.96. The second-order valence-corrected chi connectivity index (χ2v) is 9.10. The molecule has 3 aliphatic heterocycles. The summed E-state index contributed by atoms with van der Waals surface area (Å²) in [6.45, 7) is 3.44. The van der Waals surface area contributed by atoms with Crippen LogP contribution in [0.4, 0.5) is 5.69 Å². The van der Waals surface area contributed by atoms with E-state index in [9.17, 15) is 9.59 Å². The van der Waals surface area contributed by atoms with Crippen LogP contribution in [0.25, 0.3) is 10.9 Å². The van der Waals surface area contributed by atoms with Gasteiger partial charge in [0.15, 0.2) is 0 Å². The Labute approximate surface area is 178 Å². The Morgan fingerprint density at radius 1 is 1.33 bits per heavy atom. The number of thioether (sulfide) groups is 1. The SMILES string of the molecule is N#C[C@@H]1CSCN1C(=O)CNC(=O)c1ccnc2ccc(N3CC4(COC4)C3)cc12. The Morgan fingerprint density at radius 3 is 2.90 bits per heavy atom. The molecule has 0 bridgehead atoms. The van der Waals surface area contributed by atoms with E-state index < -0.39 is 6.04 Å². The van der Waals surface area contributed by atoms with Crippen LogP contribution in [0.1, 0.15) is 10.4 Å². The third kappa shape index (κ3) is 3.26. The van der Waals surface area contributed by atoms with Crippen LogP contribution < -0.4 is 10.2 Å². The Bertz CT molecular complexity index is 1060. The zero-order valence-corrected chi connectivity index (χ0v) is 17.2. The number of ether oxygens (including phenoxy) is 1. The van der Waals surface area contributed by atoms with Gasteiger partial charge in [-0.2, -0.15) is 5.26 Å². The van der Waals surface area contributed by atoms with Gasteiger partial charge in [0.2, 0.25) is 5.91 Å². The van der Waals surface area contributed by atoms with Crippen LogP contribution in [0.3, 0.4) is 0 Å². The molecule has 0 radical (unpaired) electrons. The number of hydrogen-bond donors (Lipinski definition) is 1. The highest BCUT2D eigenvalue weighted by molar-refractivity contribution is 7.99. The predicted molar refractivity (Wildman–Crippen MR) is 113 cm³/mol. The fraction of sp³-hybridized carbons (Fsp3) is 0.429. The average Bonchev–Trinajstić information content (AvgIpc) is 3.18. The van der Waals surface area contributed by atoms with Crippen molar-refractivity contribution in [3.05, 3.63) is 36.0 Å². The van der Waals surface area contributed by atoms with Crippen LogP contribution in [-0.2, 0) is 9.53 Å². The minimum absolute atomic E-state index is 0.129. The molecule has 154 valence electrons. The molecule has 1 aromatic carbocycles. The van der Waals surface area contributed by atoms with Gasteiger partial charge < -0.3 is 19.9 Å². The molecule has 3 fully saturated rings. The summed E-state index contributed by atoms with van der Waals surface area (Å²) in [7, 11) is 0. The van der Waals surface area contributed by atoms with E-state index in [0.717, 1.165) is 42.9 Å². The number of carbonyl (C=O) groups excluding carboxylic acids is 2. The maximum Gasteiger partial charge on any atom is 0.252 e. The number of nitrogens with zero attached hydrogens (tertiary/aromatic N) is 4. The van der Waals surface area contributed by atoms with Crippen molar-refractivity contribution in [2.24, 2.45) is 5.41 Å². The van der Waals surface area contributed by atoms with Crippen LogP contribution in [0, 0.1) is 16.7 Å². The van der Waals surface area contributed by atoms with E-state index in [-0.39, 0.29) is 18.4 Å². The number of rotatable bonds is 4. The number of anilines is 1. The van der Waals surface area contributed by atoms with Gasteiger partial charge in [-0.05, 0) is 24.3 Å². The van der Waals surface area contributed by atoms with E-state index in [4.69, 9.17) is 10.00 Å². The summed E-state index contributed by atoms with van der Waals surface area (Å²) in [4.78, 5) is 33.4. The van der Waals surface area contributed by atoms with Gasteiger partial charge in [0.1, 0.15) is 6.04 Å². The second kappa shape index (κ2) is 7.45. The molecule has 1 spiro atoms. The number of hydrogen-bond acceptors (Lipinski definition) is 7. The van der Waals surface area contributed by atoms with Gasteiger partial charge in [0, 0.05) is 36.1 Å². The molecule has 1 aromatic heterocycles. The topological polar surface area (TPSA) is 98.6 Å². The second-order valence-electron chi connectivity index (χ2n) is 8.10. The van der Waals surface area contributed by atoms with Crippen molar-refractivity contribution in [1.82, 2.24) is 15.2 Å². The van der Waals surface area contributed by atoms with Gasteiger partial charge in [0.05, 0.1) is 48.2 Å². The lowest BCUT2D eigenvalue weighted by Crippen LogP contribution is -2.66. The molecule has 0 aliphatic carbocycles. The van der Waals surface area contributed by atoms with Crippen LogP contribution in [0.5, 0.6) is 0 Å². The van der Waals surface area contributed by atoms with Crippen molar-refractivity contribution < 1.29 is 14.3 Å². The molecule has 0 unspecified atom stereocenters. The highest BCUT2D eigenvalue weighted by Gasteiger charge is 2.49. The highest BCUT2D eigenvalue weighted by atomic mass is 32.2. The number of nitriles is 1. The minimum atomic E-state index is -0.426. The molecular formula is C21H21N5O3S. The Balaban J connectivity index is 1.31. The number of carbonyl (C=O) groups is 2. The van der Waals surface area contributed by atoms with Crippen LogP contribution in [-0.4, -0.2) is 72.2 Å². The molecule has 30 heavy (non-hydrogen) atoms. The summed E-state index contributed by atoms with van der Waals surface area (Å²) in [6.07, 6.45) is 1.60. The summed E-state index contributed by atoms with van der Waals surface area (Å²) in [5.74, 6) is 0.530. The maximum atomic E-state index is 12.8. The van der Waals surface area contributed by atoms with E-state index in [2.05, 4.69) is 21.3 Å². The zero-order chi connectivity index (χ0) is 20.7. The molecule has 9 heteroatoms. The standard InChI is InChI=1S/C21H21N5O3S/c22-6-15-8-30-13-26(15)19(27)7-24-20(28)16-3-4-23-18-2-1-14(5-17(16)18)25-9-21(10-25)11-29-12-21/h1-5,15H,7-13H2,(H,24,28)/t15-/m1/s1. The number of amides is 2. The number of fused-ring (bicyclic) bond motifs is 1. The number of nitrogens with one attached hydrogen (secondary N) is 1. The summed E-state index contributed by atoms with van der Waals surface area (Å²) in [5.41, 5.74) is 2.59. The van der Waals surface area contributed by atoms with E-state index in [0.29, 0.717) is 22.6 Å². The lowest BCUT2D eigenvalue weighted by atomic mass is 9.77. The van der Waals surface area contributed by atoms with Crippen molar-refractivity contribution in [2.45, 2.75) is 6.04 Å². The van der Waals surface area contributed by atoms with Gasteiger partial charge in [-0.3, -0.25) is 14.6 Å². The number of benzene rings is 1. The fourth-order valence-electron chi connectivity index (χ4n) is 4.20. The van der Waals surface area contributed by atoms with Gasteiger partial charge >= 0.3 is 0 Å². The summed E-state index contributed by atoms with van der Waals surface area (Å²) in [5, 5.41) is 12.6. The van der Waals surface area contributed by atoms with Gasteiger partial charge in [-0.1, -0.05) is 0 Å². The smallest absolute Gasteiger partial charge is 0.252 e. The molecule has 0 saturated carbocycles. The quantitative estimate of drug-likeness (QED) is 0.790. The van der Waals surface area contributed by atoms with Gasteiger partial charge in [-0.15, -0.1) is 11.8 Å².